The molecule has 1 atom stereocenters. The predicted molar refractivity (Wildman–Crippen MR) is 53.6 cm³/mol. The van der Waals surface area contributed by atoms with Crippen LogP contribution in [-0.2, 0) is 0 Å². The topological polar surface area (TPSA) is 32.3 Å². The lowest BCUT2D eigenvalue weighted by Crippen LogP contribution is -2.41. The molecule has 13 heavy (non-hydrogen) atoms. The molecule has 1 unspecified atom stereocenters. The maximum atomic E-state index is 9.23. The molecule has 0 amide bonds. The van der Waals surface area contributed by atoms with Crippen molar-refractivity contribution in [2.45, 2.75) is 44.6 Å². The van der Waals surface area contributed by atoms with Crippen LogP contribution in [0.25, 0.3) is 0 Å². The first-order valence-electron chi connectivity index (χ1n) is 5.74. The van der Waals surface area contributed by atoms with Gasteiger partial charge in [-0.1, -0.05) is 25.7 Å². The molecule has 0 heterocycles. The molecule has 2 aliphatic carbocycles. The van der Waals surface area contributed by atoms with Crippen molar-refractivity contribution in [1.82, 2.24) is 5.32 Å². The summed E-state index contributed by atoms with van der Waals surface area (Å²) in [5, 5.41) is 12.8. The lowest BCUT2D eigenvalue weighted by Gasteiger charge is -2.35. The van der Waals surface area contributed by atoms with E-state index in [-0.39, 0.29) is 0 Å². The van der Waals surface area contributed by atoms with Crippen LogP contribution in [0.2, 0.25) is 0 Å². The highest BCUT2D eigenvalue weighted by Gasteiger charge is 2.27. The summed E-state index contributed by atoms with van der Waals surface area (Å²) in [6.07, 6.45) is 8.16. The highest BCUT2D eigenvalue weighted by atomic mass is 16.3. The molecule has 2 nitrogen and oxygen atoms in total. The molecule has 2 saturated carbocycles. The van der Waals surface area contributed by atoms with Crippen LogP contribution in [0.5, 0.6) is 0 Å². The fourth-order valence-corrected chi connectivity index (χ4v) is 2.22. The lowest BCUT2D eigenvalue weighted by molar-refractivity contribution is 0.115. The van der Waals surface area contributed by atoms with Gasteiger partial charge in [-0.15, -0.1) is 0 Å². The molecule has 0 bridgehead atoms. The van der Waals surface area contributed by atoms with Crippen LogP contribution in [0.1, 0.15) is 38.5 Å². The first kappa shape index (κ1) is 9.47. The van der Waals surface area contributed by atoms with E-state index in [1.807, 2.05) is 0 Å². The summed E-state index contributed by atoms with van der Waals surface area (Å²) in [6.45, 7) is 1.43. The zero-order valence-electron chi connectivity index (χ0n) is 8.34. The molecule has 0 saturated heterocycles. The largest absolute Gasteiger partial charge is 0.396 e. The van der Waals surface area contributed by atoms with Gasteiger partial charge in [0.05, 0.1) is 0 Å². The van der Waals surface area contributed by atoms with Crippen LogP contribution in [0.15, 0.2) is 0 Å². The Morgan fingerprint density at radius 3 is 2.23 bits per heavy atom. The fraction of sp³-hybridized carbons (Fsp3) is 1.00. The second kappa shape index (κ2) is 4.43. The zero-order chi connectivity index (χ0) is 9.10. The Labute approximate surface area is 80.7 Å². The number of rotatable bonds is 5. The van der Waals surface area contributed by atoms with Gasteiger partial charge in [-0.05, 0) is 24.7 Å². The van der Waals surface area contributed by atoms with E-state index >= 15 is 0 Å². The normalized spacial score (nSPS) is 26.5. The smallest absolute Gasteiger partial charge is 0.0474 e. The summed E-state index contributed by atoms with van der Waals surface area (Å²) in [4.78, 5) is 0. The first-order chi connectivity index (χ1) is 6.40. The highest BCUT2D eigenvalue weighted by Crippen LogP contribution is 2.33. The average molecular weight is 183 g/mol. The van der Waals surface area contributed by atoms with Crippen LogP contribution in [0, 0.1) is 11.8 Å². The summed E-state index contributed by atoms with van der Waals surface area (Å²) in [5.41, 5.74) is 0. The van der Waals surface area contributed by atoms with Gasteiger partial charge in [-0.3, -0.25) is 0 Å². The molecule has 0 aromatic heterocycles. The third-order valence-corrected chi connectivity index (χ3v) is 3.82. The van der Waals surface area contributed by atoms with E-state index in [1.54, 1.807) is 0 Å². The highest BCUT2D eigenvalue weighted by molar-refractivity contribution is 4.82. The molecule has 2 fully saturated rings. The molecular weight excluding hydrogens is 162 g/mol. The Morgan fingerprint density at radius 2 is 1.85 bits per heavy atom. The van der Waals surface area contributed by atoms with Gasteiger partial charge >= 0.3 is 0 Å². The number of hydrogen-bond acceptors (Lipinski definition) is 2. The van der Waals surface area contributed by atoms with Crippen LogP contribution in [-0.4, -0.2) is 24.3 Å². The molecule has 0 radical (unpaired) electrons. The van der Waals surface area contributed by atoms with Gasteiger partial charge in [0, 0.05) is 19.2 Å². The molecule has 2 N–H and O–H groups in total. The Morgan fingerprint density at radius 1 is 1.15 bits per heavy atom. The van der Waals surface area contributed by atoms with Crippen molar-refractivity contribution < 1.29 is 5.11 Å². The second-order valence-electron chi connectivity index (χ2n) is 4.67. The van der Waals surface area contributed by atoms with Gasteiger partial charge in [-0.25, -0.2) is 0 Å². The molecule has 0 aromatic carbocycles. The van der Waals surface area contributed by atoms with Gasteiger partial charge < -0.3 is 10.4 Å². The number of aliphatic hydroxyl groups is 1. The SMILES string of the molecule is OCC(CNC1CCC1)C1CCC1. The third-order valence-electron chi connectivity index (χ3n) is 3.82. The van der Waals surface area contributed by atoms with Gasteiger partial charge in [0.15, 0.2) is 0 Å². The standard InChI is InChI=1S/C11H21NO/c13-8-10(9-3-1-4-9)7-12-11-5-2-6-11/h9-13H,1-8H2. The fourth-order valence-electron chi connectivity index (χ4n) is 2.22. The van der Waals surface area contributed by atoms with E-state index in [2.05, 4.69) is 5.32 Å². The summed E-state index contributed by atoms with van der Waals surface area (Å²) in [5.74, 6) is 1.35. The van der Waals surface area contributed by atoms with Gasteiger partial charge in [0.2, 0.25) is 0 Å². The summed E-state index contributed by atoms with van der Waals surface area (Å²) in [6, 6.07) is 0.772. The quantitative estimate of drug-likeness (QED) is 0.677. The monoisotopic (exact) mass is 183 g/mol. The zero-order valence-corrected chi connectivity index (χ0v) is 8.34. The third kappa shape index (κ3) is 2.23. The van der Waals surface area contributed by atoms with Crippen molar-refractivity contribution >= 4 is 0 Å². The predicted octanol–water partition coefficient (Wildman–Crippen LogP) is 1.54. The van der Waals surface area contributed by atoms with E-state index in [9.17, 15) is 5.11 Å². The minimum atomic E-state index is 0.379. The summed E-state index contributed by atoms with van der Waals surface area (Å²) < 4.78 is 0. The van der Waals surface area contributed by atoms with Gasteiger partial charge in [-0.2, -0.15) is 0 Å². The number of hydrogen-bond donors (Lipinski definition) is 2. The number of nitrogens with one attached hydrogen (secondary N) is 1. The molecule has 2 rings (SSSR count). The van der Waals surface area contributed by atoms with Crippen LogP contribution < -0.4 is 5.32 Å². The van der Waals surface area contributed by atoms with E-state index in [1.165, 1.54) is 38.5 Å². The van der Waals surface area contributed by atoms with E-state index in [0.29, 0.717) is 12.5 Å². The summed E-state index contributed by atoms with van der Waals surface area (Å²) in [7, 11) is 0. The molecule has 0 spiro atoms. The van der Waals surface area contributed by atoms with E-state index < -0.39 is 0 Å². The Bertz CT molecular complexity index is 152. The maximum Gasteiger partial charge on any atom is 0.0474 e. The van der Waals surface area contributed by atoms with Gasteiger partial charge in [0.25, 0.3) is 0 Å². The average Bonchev–Trinajstić information content (AvgIpc) is 1.96. The number of aliphatic hydroxyl groups excluding tert-OH is 1. The first-order valence-corrected chi connectivity index (χ1v) is 5.74. The van der Waals surface area contributed by atoms with Crippen molar-refractivity contribution in [3.05, 3.63) is 0 Å². The molecule has 2 aliphatic rings. The van der Waals surface area contributed by atoms with E-state index in [0.717, 1.165) is 18.5 Å². The minimum Gasteiger partial charge on any atom is -0.396 e. The molecule has 0 aromatic rings. The Kier molecular flexibility index (Phi) is 3.23. The molecule has 2 heteroatoms. The van der Waals surface area contributed by atoms with Gasteiger partial charge in [0.1, 0.15) is 0 Å². The second-order valence-corrected chi connectivity index (χ2v) is 4.67. The summed E-state index contributed by atoms with van der Waals surface area (Å²) >= 11 is 0. The molecular formula is C11H21NO. The van der Waals surface area contributed by atoms with Crippen molar-refractivity contribution in [2.75, 3.05) is 13.2 Å². The molecule has 76 valence electrons. The van der Waals surface area contributed by atoms with Crippen LogP contribution in [0.3, 0.4) is 0 Å². The van der Waals surface area contributed by atoms with Crippen molar-refractivity contribution in [3.8, 4) is 0 Å². The Hall–Kier alpha value is -0.0800. The van der Waals surface area contributed by atoms with E-state index in [4.69, 9.17) is 0 Å². The maximum absolute atomic E-state index is 9.23. The van der Waals surface area contributed by atoms with Crippen molar-refractivity contribution in [2.24, 2.45) is 11.8 Å². The van der Waals surface area contributed by atoms with Crippen LogP contribution in [0.4, 0.5) is 0 Å². The Balaban J connectivity index is 1.64. The van der Waals surface area contributed by atoms with Crippen molar-refractivity contribution in [3.63, 3.8) is 0 Å². The molecule has 0 aliphatic heterocycles. The van der Waals surface area contributed by atoms with Crippen molar-refractivity contribution in [1.29, 1.82) is 0 Å². The minimum absolute atomic E-state index is 0.379. The lowest BCUT2D eigenvalue weighted by atomic mass is 9.76. The van der Waals surface area contributed by atoms with Crippen LogP contribution >= 0.6 is 0 Å².